The van der Waals surface area contributed by atoms with E-state index < -0.39 is 6.10 Å². The van der Waals surface area contributed by atoms with Crippen LogP contribution in [0.15, 0.2) is 29.3 Å². The van der Waals surface area contributed by atoms with Crippen LogP contribution in [0.4, 0.5) is 0 Å². The highest BCUT2D eigenvalue weighted by Gasteiger charge is 2.29. The van der Waals surface area contributed by atoms with Gasteiger partial charge in [-0.1, -0.05) is 24.3 Å². The second-order valence-electron chi connectivity index (χ2n) is 7.89. The van der Waals surface area contributed by atoms with Gasteiger partial charge in [-0.15, -0.1) is 0 Å². The summed E-state index contributed by atoms with van der Waals surface area (Å²) in [5, 5.41) is 17.1. The Morgan fingerprint density at radius 1 is 1.33 bits per heavy atom. The maximum atomic E-state index is 10.5. The molecular formula is C21H34N4OS. The van der Waals surface area contributed by atoms with Crippen molar-refractivity contribution in [2.75, 3.05) is 38.5 Å². The third kappa shape index (κ3) is 6.13. The molecule has 1 saturated heterocycles. The van der Waals surface area contributed by atoms with E-state index in [0.717, 1.165) is 38.6 Å². The summed E-state index contributed by atoms with van der Waals surface area (Å²) in [6, 6.07) is 8.62. The van der Waals surface area contributed by atoms with Gasteiger partial charge in [0.05, 0.1) is 12.6 Å². The lowest BCUT2D eigenvalue weighted by atomic mass is 10.00. The maximum absolute atomic E-state index is 10.5. The van der Waals surface area contributed by atoms with Crippen LogP contribution in [0.1, 0.15) is 37.8 Å². The van der Waals surface area contributed by atoms with E-state index in [9.17, 15) is 5.11 Å². The standard InChI is InChI=1S/C21H34N4OS/c1-3-22-20(24-16-21(2)10-6-12-27-21)23-13-19(26)15-25-11-9-17-7-4-5-8-18(17)14-25/h4-5,7-8,19,26H,3,6,9-16H2,1-2H3,(H2,22,23,24). The van der Waals surface area contributed by atoms with Gasteiger partial charge in [0.25, 0.3) is 0 Å². The SMILES string of the molecule is CCNC(=NCC1(C)CCCS1)NCC(O)CN1CCc2ccccc2C1. The third-order valence-corrected chi connectivity index (χ3v) is 6.92. The lowest BCUT2D eigenvalue weighted by Crippen LogP contribution is -2.45. The number of benzene rings is 1. The molecule has 0 saturated carbocycles. The number of hydrogen-bond donors (Lipinski definition) is 3. The summed E-state index contributed by atoms with van der Waals surface area (Å²) >= 11 is 2.03. The van der Waals surface area contributed by atoms with E-state index in [0.29, 0.717) is 13.1 Å². The van der Waals surface area contributed by atoms with Crippen LogP contribution in [0.3, 0.4) is 0 Å². The van der Waals surface area contributed by atoms with Gasteiger partial charge in [0.15, 0.2) is 5.96 Å². The first-order valence-electron chi connectivity index (χ1n) is 10.2. The molecule has 0 amide bonds. The van der Waals surface area contributed by atoms with E-state index in [1.165, 1.54) is 29.7 Å². The number of nitrogens with one attached hydrogen (secondary N) is 2. The topological polar surface area (TPSA) is 59.9 Å². The van der Waals surface area contributed by atoms with E-state index >= 15 is 0 Å². The number of aliphatic hydroxyl groups excluding tert-OH is 1. The van der Waals surface area contributed by atoms with Crippen molar-refractivity contribution in [2.24, 2.45) is 4.99 Å². The number of aliphatic imine (C=N–C) groups is 1. The third-order valence-electron chi connectivity index (χ3n) is 5.40. The molecule has 2 aliphatic rings. The lowest BCUT2D eigenvalue weighted by molar-refractivity contribution is 0.108. The van der Waals surface area contributed by atoms with Crippen molar-refractivity contribution in [1.82, 2.24) is 15.5 Å². The molecule has 2 atom stereocenters. The molecule has 5 nitrogen and oxygen atoms in total. The molecule has 0 spiro atoms. The van der Waals surface area contributed by atoms with E-state index in [-0.39, 0.29) is 4.75 Å². The van der Waals surface area contributed by atoms with Crippen molar-refractivity contribution >= 4 is 17.7 Å². The first kappa shape index (κ1) is 20.5. The van der Waals surface area contributed by atoms with Crippen LogP contribution in [0, 0.1) is 0 Å². The summed E-state index contributed by atoms with van der Waals surface area (Å²) in [6.45, 7) is 9.18. The first-order chi connectivity index (χ1) is 13.1. The molecule has 0 aromatic heterocycles. The highest BCUT2D eigenvalue weighted by Crippen LogP contribution is 2.37. The molecule has 6 heteroatoms. The minimum atomic E-state index is -0.407. The normalized spacial score (nSPS) is 24.5. The Morgan fingerprint density at radius 3 is 2.89 bits per heavy atom. The summed E-state index contributed by atoms with van der Waals surface area (Å²) < 4.78 is 0.266. The smallest absolute Gasteiger partial charge is 0.191 e. The molecule has 1 fully saturated rings. The fraction of sp³-hybridized carbons (Fsp3) is 0.667. The minimum Gasteiger partial charge on any atom is -0.390 e. The molecule has 0 bridgehead atoms. The van der Waals surface area contributed by atoms with Crippen molar-refractivity contribution in [3.05, 3.63) is 35.4 Å². The zero-order chi connectivity index (χ0) is 19.1. The zero-order valence-electron chi connectivity index (χ0n) is 16.7. The Hall–Kier alpha value is -1.24. The number of thioether (sulfide) groups is 1. The monoisotopic (exact) mass is 390 g/mol. The predicted molar refractivity (Wildman–Crippen MR) is 116 cm³/mol. The maximum Gasteiger partial charge on any atom is 0.191 e. The summed E-state index contributed by atoms with van der Waals surface area (Å²) in [4.78, 5) is 7.11. The summed E-state index contributed by atoms with van der Waals surface area (Å²) in [6.07, 6.45) is 3.19. The molecule has 150 valence electrons. The summed E-state index contributed by atoms with van der Waals surface area (Å²) in [5.41, 5.74) is 2.84. The molecule has 3 N–H and O–H groups in total. The van der Waals surface area contributed by atoms with Crippen molar-refractivity contribution in [1.29, 1.82) is 0 Å². The van der Waals surface area contributed by atoms with E-state index in [4.69, 9.17) is 4.99 Å². The van der Waals surface area contributed by atoms with E-state index in [1.807, 2.05) is 11.8 Å². The van der Waals surface area contributed by atoms with Crippen molar-refractivity contribution in [3.63, 3.8) is 0 Å². The molecule has 2 unspecified atom stereocenters. The fourth-order valence-corrected chi connectivity index (χ4v) is 5.06. The number of fused-ring (bicyclic) bond motifs is 1. The molecule has 1 aromatic carbocycles. The molecule has 0 aliphatic carbocycles. The number of β-amino-alcohol motifs (C(OH)–C–C–N with tert-alkyl or cyclic N) is 1. The Bertz CT molecular complexity index is 630. The number of aliphatic hydroxyl groups is 1. The summed E-state index contributed by atoms with van der Waals surface area (Å²) in [5.74, 6) is 2.06. The Kier molecular flexibility index (Phi) is 7.44. The van der Waals surface area contributed by atoms with Gasteiger partial charge in [0.2, 0.25) is 0 Å². The molecule has 2 heterocycles. The second kappa shape index (κ2) is 9.80. The number of nitrogens with zero attached hydrogens (tertiary/aromatic N) is 2. The molecule has 27 heavy (non-hydrogen) atoms. The highest BCUT2D eigenvalue weighted by molar-refractivity contribution is 8.00. The van der Waals surface area contributed by atoms with Crippen LogP contribution in [0.2, 0.25) is 0 Å². The number of rotatable bonds is 7. The first-order valence-corrected chi connectivity index (χ1v) is 11.2. The average molecular weight is 391 g/mol. The lowest BCUT2D eigenvalue weighted by Gasteiger charge is -2.30. The molecule has 0 radical (unpaired) electrons. The van der Waals surface area contributed by atoms with Crippen molar-refractivity contribution in [2.45, 2.75) is 50.5 Å². The quantitative estimate of drug-likeness (QED) is 0.492. The Balaban J connectivity index is 1.45. The van der Waals surface area contributed by atoms with E-state index in [2.05, 4.69) is 53.6 Å². The van der Waals surface area contributed by atoms with Crippen molar-refractivity contribution < 1.29 is 5.11 Å². The van der Waals surface area contributed by atoms with Crippen LogP contribution in [-0.4, -0.2) is 65.3 Å². The van der Waals surface area contributed by atoms with Crippen molar-refractivity contribution in [3.8, 4) is 0 Å². The fourth-order valence-electron chi connectivity index (χ4n) is 3.84. The second-order valence-corrected chi connectivity index (χ2v) is 9.57. The molecule has 3 rings (SSSR count). The summed E-state index contributed by atoms with van der Waals surface area (Å²) in [7, 11) is 0. The Morgan fingerprint density at radius 2 is 2.15 bits per heavy atom. The highest BCUT2D eigenvalue weighted by atomic mass is 32.2. The van der Waals surface area contributed by atoms with Crippen LogP contribution < -0.4 is 10.6 Å². The van der Waals surface area contributed by atoms with Gasteiger partial charge in [-0.3, -0.25) is 9.89 Å². The van der Waals surface area contributed by atoms with Gasteiger partial charge in [-0.05, 0) is 50.0 Å². The van der Waals surface area contributed by atoms with Gasteiger partial charge in [0, 0.05) is 37.5 Å². The zero-order valence-corrected chi connectivity index (χ0v) is 17.5. The minimum absolute atomic E-state index is 0.266. The number of hydrogen-bond acceptors (Lipinski definition) is 4. The van der Waals surface area contributed by atoms with Gasteiger partial charge < -0.3 is 15.7 Å². The average Bonchev–Trinajstić information content (AvgIpc) is 3.11. The van der Waals surface area contributed by atoms with E-state index in [1.54, 1.807) is 0 Å². The van der Waals surface area contributed by atoms with Crippen LogP contribution in [0.25, 0.3) is 0 Å². The largest absolute Gasteiger partial charge is 0.390 e. The van der Waals surface area contributed by atoms with Gasteiger partial charge >= 0.3 is 0 Å². The van der Waals surface area contributed by atoms with Gasteiger partial charge in [-0.25, -0.2) is 0 Å². The van der Waals surface area contributed by atoms with Gasteiger partial charge in [-0.2, -0.15) is 11.8 Å². The van der Waals surface area contributed by atoms with Crippen LogP contribution in [0.5, 0.6) is 0 Å². The Labute approximate surface area is 168 Å². The van der Waals surface area contributed by atoms with Gasteiger partial charge in [0.1, 0.15) is 0 Å². The van der Waals surface area contributed by atoms with Crippen LogP contribution >= 0.6 is 11.8 Å². The predicted octanol–water partition coefficient (Wildman–Crippen LogP) is 2.25. The number of guanidine groups is 1. The molecular weight excluding hydrogens is 356 g/mol. The molecule has 2 aliphatic heterocycles. The van der Waals surface area contributed by atoms with Crippen LogP contribution in [-0.2, 0) is 13.0 Å². The molecule has 1 aromatic rings.